The van der Waals surface area contributed by atoms with Crippen molar-refractivity contribution in [3.05, 3.63) is 59.2 Å². The first-order valence-corrected chi connectivity index (χ1v) is 6.41. The topological polar surface area (TPSA) is 74.7 Å². The van der Waals surface area contributed by atoms with Gasteiger partial charge in [-0.25, -0.2) is 9.37 Å². The Morgan fingerprint density at radius 2 is 2.14 bits per heavy atom. The second-order valence-electron chi connectivity index (χ2n) is 4.63. The third-order valence-corrected chi connectivity index (χ3v) is 3.22. The minimum absolute atomic E-state index is 0.00860. The highest BCUT2D eigenvalue weighted by molar-refractivity contribution is 6.03. The Morgan fingerprint density at radius 1 is 1.33 bits per heavy atom. The molecule has 1 aromatic carbocycles. The van der Waals surface area contributed by atoms with E-state index in [-0.39, 0.29) is 18.3 Å². The van der Waals surface area contributed by atoms with Crippen molar-refractivity contribution in [1.82, 2.24) is 15.2 Å². The van der Waals surface area contributed by atoms with Gasteiger partial charge in [-0.05, 0) is 24.6 Å². The molecule has 0 saturated carbocycles. The molecule has 0 aliphatic carbocycles. The van der Waals surface area contributed by atoms with Crippen LogP contribution in [0.15, 0.2) is 36.5 Å². The fraction of sp³-hybridized carbons (Fsp3) is 0.133. The van der Waals surface area contributed by atoms with Crippen molar-refractivity contribution in [3.8, 4) is 0 Å². The van der Waals surface area contributed by atoms with Crippen molar-refractivity contribution in [2.24, 2.45) is 0 Å². The Balaban J connectivity index is 1.83. The van der Waals surface area contributed by atoms with Crippen molar-refractivity contribution in [2.45, 2.75) is 13.5 Å². The summed E-state index contributed by atoms with van der Waals surface area (Å²) < 4.78 is 18.9. The fourth-order valence-corrected chi connectivity index (χ4v) is 2.10. The molecule has 2 heterocycles. The van der Waals surface area contributed by atoms with Crippen LogP contribution in [0.25, 0.3) is 11.0 Å². The summed E-state index contributed by atoms with van der Waals surface area (Å²) in [6.45, 7) is 1.90. The van der Waals surface area contributed by atoms with Gasteiger partial charge in [0.05, 0.1) is 5.39 Å². The lowest BCUT2D eigenvalue weighted by Crippen LogP contribution is -2.07. The van der Waals surface area contributed by atoms with Crippen molar-refractivity contribution in [2.75, 3.05) is 0 Å². The van der Waals surface area contributed by atoms with Crippen LogP contribution >= 0.6 is 0 Å². The monoisotopic (exact) mass is 284 g/mol. The molecule has 0 unspecified atom stereocenters. The van der Waals surface area contributed by atoms with Gasteiger partial charge in [-0.3, -0.25) is 10.5 Å². The molecular formula is C15H13FN4O. The summed E-state index contributed by atoms with van der Waals surface area (Å²) in [6, 6.07) is 8.17. The molecule has 6 heteroatoms. The van der Waals surface area contributed by atoms with E-state index in [1.54, 1.807) is 24.4 Å². The molecule has 0 amide bonds. The lowest BCUT2D eigenvalue weighted by atomic mass is 10.1. The Hall–Kier alpha value is -2.76. The van der Waals surface area contributed by atoms with Gasteiger partial charge in [0.1, 0.15) is 18.1 Å². The third kappa shape index (κ3) is 2.47. The van der Waals surface area contributed by atoms with Crippen molar-refractivity contribution in [3.63, 3.8) is 0 Å². The summed E-state index contributed by atoms with van der Waals surface area (Å²) >= 11 is 0. The Morgan fingerprint density at radius 3 is 2.95 bits per heavy atom. The summed E-state index contributed by atoms with van der Waals surface area (Å²) in [6.07, 6.45) is 1.66. The number of pyridine rings is 1. The number of halogens is 1. The minimum atomic E-state index is -0.349. The number of fused-ring (bicyclic) bond motifs is 1. The van der Waals surface area contributed by atoms with E-state index in [1.807, 2.05) is 13.0 Å². The van der Waals surface area contributed by atoms with Crippen LogP contribution in [0, 0.1) is 18.2 Å². The summed E-state index contributed by atoms with van der Waals surface area (Å²) in [7, 11) is 0. The van der Waals surface area contributed by atoms with E-state index in [0.29, 0.717) is 16.9 Å². The molecule has 2 N–H and O–H groups in total. The number of nitrogens with one attached hydrogen (secondary N) is 2. The number of aromatic amines is 1. The zero-order valence-electron chi connectivity index (χ0n) is 11.4. The minimum Gasteiger partial charge on any atom is -0.472 e. The first-order chi connectivity index (χ1) is 10.2. The summed E-state index contributed by atoms with van der Waals surface area (Å²) in [4.78, 5) is 4.12. The normalized spacial score (nSPS) is 10.8. The number of aryl methyl sites for hydroxylation is 1. The summed E-state index contributed by atoms with van der Waals surface area (Å²) in [5, 5.41) is 15.5. The first kappa shape index (κ1) is 13.2. The number of ether oxygens (including phenoxy) is 1. The van der Waals surface area contributed by atoms with Gasteiger partial charge in [-0.15, -0.1) is 0 Å². The predicted molar refractivity (Wildman–Crippen MR) is 76.6 cm³/mol. The smallest absolute Gasteiger partial charge is 0.232 e. The molecule has 106 valence electrons. The lowest BCUT2D eigenvalue weighted by Gasteiger charge is -2.07. The number of benzene rings is 1. The standard InChI is InChI=1S/C15H13FN4O/c1-9-6-7-18-15-12(9)13(19-20-15)14(17)21-8-10-4-2-3-5-11(10)16/h2-7,17H,8H2,1H3,(H,18,19,20). The maximum absolute atomic E-state index is 13.5. The van der Waals surface area contributed by atoms with Crippen LogP contribution in [0.3, 0.4) is 0 Å². The van der Waals surface area contributed by atoms with E-state index in [1.165, 1.54) is 6.07 Å². The molecule has 0 bridgehead atoms. The van der Waals surface area contributed by atoms with Gasteiger partial charge in [-0.1, -0.05) is 18.2 Å². The average Bonchev–Trinajstić information content (AvgIpc) is 2.92. The van der Waals surface area contributed by atoms with E-state index < -0.39 is 0 Å². The largest absolute Gasteiger partial charge is 0.472 e. The molecule has 2 aromatic heterocycles. The lowest BCUT2D eigenvalue weighted by molar-refractivity contribution is 0.284. The number of aromatic nitrogens is 3. The highest BCUT2D eigenvalue weighted by Crippen LogP contribution is 2.19. The molecule has 0 spiro atoms. The molecule has 0 saturated heterocycles. The van der Waals surface area contributed by atoms with Crippen LogP contribution in [-0.2, 0) is 11.3 Å². The third-order valence-electron chi connectivity index (χ3n) is 3.22. The number of nitrogens with zero attached hydrogens (tertiary/aromatic N) is 2. The van der Waals surface area contributed by atoms with Gasteiger partial charge in [-0.2, -0.15) is 5.10 Å². The fourth-order valence-electron chi connectivity index (χ4n) is 2.10. The van der Waals surface area contributed by atoms with Crippen LogP contribution in [0.5, 0.6) is 0 Å². The highest BCUT2D eigenvalue weighted by atomic mass is 19.1. The Bertz CT molecular complexity index is 812. The quantitative estimate of drug-likeness (QED) is 0.573. The maximum atomic E-state index is 13.5. The molecule has 0 fully saturated rings. The van der Waals surface area contributed by atoms with E-state index >= 15 is 0 Å². The zero-order chi connectivity index (χ0) is 14.8. The first-order valence-electron chi connectivity index (χ1n) is 6.41. The van der Waals surface area contributed by atoms with Crippen LogP contribution < -0.4 is 0 Å². The molecule has 0 aliphatic heterocycles. The second-order valence-corrected chi connectivity index (χ2v) is 4.63. The molecule has 0 atom stereocenters. The van der Waals surface area contributed by atoms with Gasteiger partial charge < -0.3 is 4.74 Å². The number of hydrogen-bond donors (Lipinski definition) is 2. The SMILES string of the molecule is Cc1ccnc2n[nH]c(C(=N)OCc3ccccc3F)c12. The van der Waals surface area contributed by atoms with Gasteiger partial charge in [0.25, 0.3) is 0 Å². The van der Waals surface area contributed by atoms with Gasteiger partial charge in [0.2, 0.25) is 5.90 Å². The van der Waals surface area contributed by atoms with Crippen molar-refractivity contribution < 1.29 is 9.13 Å². The van der Waals surface area contributed by atoms with Gasteiger partial charge in [0.15, 0.2) is 5.65 Å². The van der Waals surface area contributed by atoms with Crippen LogP contribution in [0.2, 0.25) is 0 Å². The van der Waals surface area contributed by atoms with E-state index in [9.17, 15) is 4.39 Å². The van der Waals surface area contributed by atoms with Crippen molar-refractivity contribution >= 4 is 16.9 Å². The zero-order valence-corrected chi connectivity index (χ0v) is 11.4. The Labute approximate surface area is 120 Å². The molecule has 3 rings (SSSR count). The summed E-state index contributed by atoms with van der Waals surface area (Å²) in [5.74, 6) is -0.436. The molecule has 21 heavy (non-hydrogen) atoms. The number of rotatable bonds is 3. The van der Waals surface area contributed by atoms with Crippen LogP contribution in [-0.4, -0.2) is 21.1 Å². The maximum Gasteiger partial charge on any atom is 0.232 e. The van der Waals surface area contributed by atoms with E-state index in [0.717, 1.165) is 10.9 Å². The molecule has 0 radical (unpaired) electrons. The van der Waals surface area contributed by atoms with E-state index in [4.69, 9.17) is 10.1 Å². The van der Waals surface area contributed by atoms with Gasteiger partial charge >= 0.3 is 0 Å². The molecular weight excluding hydrogens is 271 g/mol. The molecule has 3 aromatic rings. The van der Waals surface area contributed by atoms with Crippen LogP contribution in [0.1, 0.15) is 16.8 Å². The van der Waals surface area contributed by atoms with Crippen LogP contribution in [0.4, 0.5) is 4.39 Å². The number of hydrogen-bond acceptors (Lipinski definition) is 4. The Kier molecular flexibility index (Phi) is 3.35. The average molecular weight is 284 g/mol. The van der Waals surface area contributed by atoms with Crippen molar-refractivity contribution in [1.29, 1.82) is 5.41 Å². The summed E-state index contributed by atoms with van der Waals surface area (Å²) in [5.41, 5.74) is 2.33. The van der Waals surface area contributed by atoms with E-state index in [2.05, 4.69) is 15.2 Å². The predicted octanol–water partition coefficient (Wildman–Crippen LogP) is 2.95. The molecule has 0 aliphatic rings. The second kappa shape index (κ2) is 5.32. The number of H-pyrrole nitrogens is 1. The van der Waals surface area contributed by atoms with Gasteiger partial charge in [0, 0.05) is 11.8 Å². The highest BCUT2D eigenvalue weighted by Gasteiger charge is 2.14. The molecule has 5 nitrogen and oxygen atoms in total.